The Hall–Kier alpha value is -2.66. The number of para-hydroxylation sites is 1. The second-order valence-electron chi connectivity index (χ2n) is 6.41. The third kappa shape index (κ3) is 2.88. The molecule has 1 aliphatic carbocycles. The van der Waals surface area contributed by atoms with Crippen molar-refractivity contribution < 1.29 is 9.18 Å². The summed E-state index contributed by atoms with van der Waals surface area (Å²) in [5.74, 6) is -0.592. The summed E-state index contributed by atoms with van der Waals surface area (Å²) >= 11 is 6.04. The number of halogens is 2. The highest BCUT2D eigenvalue weighted by Gasteiger charge is 2.26. The molecular weight excluding hydrogens is 353 g/mol. The van der Waals surface area contributed by atoms with Crippen LogP contribution < -0.4 is 5.32 Å². The maximum absolute atomic E-state index is 14.0. The number of aromatic nitrogens is 2. The van der Waals surface area contributed by atoms with Crippen molar-refractivity contribution in [3.8, 4) is 5.69 Å². The molecule has 1 N–H and O–H groups in total. The van der Waals surface area contributed by atoms with Gasteiger partial charge < -0.3 is 5.32 Å². The molecule has 4 rings (SSSR count). The molecule has 6 heteroatoms. The fourth-order valence-corrected chi connectivity index (χ4v) is 3.67. The van der Waals surface area contributed by atoms with E-state index in [4.69, 9.17) is 11.6 Å². The van der Waals surface area contributed by atoms with Gasteiger partial charge in [-0.05, 0) is 55.2 Å². The minimum Gasteiger partial charge on any atom is -0.345 e. The van der Waals surface area contributed by atoms with E-state index in [9.17, 15) is 9.18 Å². The van der Waals surface area contributed by atoms with E-state index in [2.05, 4.69) is 10.4 Å². The second-order valence-corrected chi connectivity index (χ2v) is 6.85. The van der Waals surface area contributed by atoms with Gasteiger partial charge in [0, 0.05) is 5.02 Å². The number of benzene rings is 2. The maximum atomic E-state index is 14.0. The van der Waals surface area contributed by atoms with Gasteiger partial charge in [-0.25, -0.2) is 9.07 Å². The van der Waals surface area contributed by atoms with Crippen LogP contribution in [0, 0.1) is 12.7 Å². The molecule has 0 aliphatic heterocycles. The lowest BCUT2D eigenvalue weighted by Gasteiger charge is -2.14. The van der Waals surface area contributed by atoms with Gasteiger partial charge in [0.1, 0.15) is 11.5 Å². The van der Waals surface area contributed by atoms with Crippen LogP contribution in [0.1, 0.15) is 39.6 Å². The molecule has 1 atom stereocenters. The molecule has 1 aliphatic rings. The summed E-state index contributed by atoms with van der Waals surface area (Å²) in [4.78, 5) is 12.7. The molecule has 0 bridgehead atoms. The van der Waals surface area contributed by atoms with Crippen molar-refractivity contribution in [1.82, 2.24) is 15.1 Å². The first-order valence-electron chi connectivity index (χ1n) is 8.43. The van der Waals surface area contributed by atoms with Crippen LogP contribution in [0.5, 0.6) is 0 Å². The number of hydrogen-bond acceptors (Lipinski definition) is 2. The molecule has 0 fully saturated rings. The van der Waals surface area contributed by atoms with Crippen LogP contribution in [-0.4, -0.2) is 15.7 Å². The van der Waals surface area contributed by atoms with Gasteiger partial charge in [-0.1, -0.05) is 29.8 Å². The minimum absolute atomic E-state index is 0.0500. The molecule has 2 aromatic carbocycles. The molecular formula is C20H17ClFN3O. The minimum atomic E-state index is -0.382. The number of carbonyl (C=O) groups excluding carboxylic acids is 1. The Morgan fingerprint density at radius 3 is 2.92 bits per heavy atom. The van der Waals surface area contributed by atoms with Crippen molar-refractivity contribution in [2.45, 2.75) is 25.8 Å². The van der Waals surface area contributed by atoms with E-state index < -0.39 is 0 Å². The van der Waals surface area contributed by atoms with Crippen LogP contribution in [0.25, 0.3) is 5.69 Å². The molecule has 1 amide bonds. The van der Waals surface area contributed by atoms with Crippen LogP contribution in [0.15, 0.2) is 48.7 Å². The smallest absolute Gasteiger partial charge is 0.255 e. The van der Waals surface area contributed by atoms with Gasteiger partial charge >= 0.3 is 0 Å². The van der Waals surface area contributed by atoms with Crippen LogP contribution >= 0.6 is 11.6 Å². The molecule has 26 heavy (non-hydrogen) atoms. The van der Waals surface area contributed by atoms with Crippen LogP contribution in [0.3, 0.4) is 0 Å². The van der Waals surface area contributed by atoms with Crippen molar-refractivity contribution in [1.29, 1.82) is 0 Å². The Balaban J connectivity index is 1.58. The number of aryl methyl sites for hydroxylation is 1. The Labute approximate surface area is 155 Å². The zero-order valence-corrected chi connectivity index (χ0v) is 14.9. The summed E-state index contributed by atoms with van der Waals surface area (Å²) in [7, 11) is 0. The first-order valence-corrected chi connectivity index (χ1v) is 8.81. The van der Waals surface area contributed by atoms with Crippen molar-refractivity contribution in [2.75, 3.05) is 0 Å². The quantitative estimate of drug-likeness (QED) is 0.744. The van der Waals surface area contributed by atoms with E-state index in [1.54, 1.807) is 25.1 Å². The Morgan fingerprint density at radius 1 is 1.31 bits per heavy atom. The predicted octanol–water partition coefficient (Wildman–Crippen LogP) is 4.39. The lowest BCUT2D eigenvalue weighted by atomic mass is 10.1. The van der Waals surface area contributed by atoms with Crippen LogP contribution in [0.4, 0.5) is 4.39 Å². The first-order chi connectivity index (χ1) is 12.5. The van der Waals surface area contributed by atoms with Crippen molar-refractivity contribution in [3.63, 3.8) is 0 Å². The van der Waals surface area contributed by atoms with Crippen LogP contribution in [-0.2, 0) is 6.42 Å². The summed E-state index contributed by atoms with van der Waals surface area (Å²) in [6, 6.07) is 12.1. The molecule has 0 radical (unpaired) electrons. The summed E-state index contributed by atoms with van der Waals surface area (Å²) in [5.41, 5.74) is 3.63. The van der Waals surface area contributed by atoms with Gasteiger partial charge in [0.2, 0.25) is 0 Å². The molecule has 4 nitrogen and oxygen atoms in total. The SMILES string of the molecule is Cc1c(C(=O)NC2CCc3cc(Cl)ccc32)cnn1-c1ccccc1F. The molecule has 3 aromatic rings. The van der Waals surface area contributed by atoms with Gasteiger partial charge in [-0.3, -0.25) is 4.79 Å². The number of carbonyl (C=O) groups is 1. The summed E-state index contributed by atoms with van der Waals surface area (Å²) in [6.07, 6.45) is 3.20. The van der Waals surface area contributed by atoms with Gasteiger partial charge in [-0.15, -0.1) is 0 Å². The molecule has 0 spiro atoms. The highest BCUT2D eigenvalue weighted by Crippen LogP contribution is 2.33. The Bertz CT molecular complexity index is 998. The average molecular weight is 370 g/mol. The summed E-state index contributed by atoms with van der Waals surface area (Å²) < 4.78 is 15.5. The third-order valence-corrected chi connectivity index (χ3v) is 5.06. The Morgan fingerprint density at radius 2 is 2.12 bits per heavy atom. The maximum Gasteiger partial charge on any atom is 0.255 e. The third-order valence-electron chi connectivity index (χ3n) is 4.82. The number of rotatable bonds is 3. The van der Waals surface area contributed by atoms with Crippen LogP contribution in [0.2, 0.25) is 5.02 Å². The predicted molar refractivity (Wildman–Crippen MR) is 98.2 cm³/mol. The monoisotopic (exact) mass is 369 g/mol. The molecule has 0 saturated heterocycles. The molecule has 1 aromatic heterocycles. The largest absolute Gasteiger partial charge is 0.345 e. The van der Waals surface area contributed by atoms with Gasteiger partial charge in [0.25, 0.3) is 5.91 Å². The molecule has 0 saturated carbocycles. The van der Waals surface area contributed by atoms with Crippen molar-refractivity contribution in [3.05, 3.63) is 81.9 Å². The Kier molecular flexibility index (Phi) is 4.24. The van der Waals surface area contributed by atoms with E-state index in [-0.39, 0.29) is 17.8 Å². The molecule has 1 unspecified atom stereocenters. The number of fused-ring (bicyclic) bond motifs is 1. The first kappa shape index (κ1) is 16.8. The fourth-order valence-electron chi connectivity index (χ4n) is 3.47. The van der Waals surface area contributed by atoms with Crippen molar-refractivity contribution in [2.24, 2.45) is 0 Å². The number of nitrogens with zero attached hydrogens (tertiary/aromatic N) is 2. The number of amides is 1. The number of hydrogen-bond donors (Lipinski definition) is 1. The highest BCUT2D eigenvalue weighted by molar-refractivity contribution is 6.30. The van der Waals surface area contributed by atoms with Crippen molar-refractivity contribution >= 4 is 17.5 Å². The van der Waals surface area contributed by atoms with Gasteiger partial charge in [-0.2, -0.15) is 5.10 Å². The zero-order chi connectivity index (χ0) is 18.3. The molecule has 1 heterocycles. The lowest BCUT2D eigenvalue weighted by molar-refractivity contribution is 0.0936. The van der Waals surface area contributed by atoms with Gasteiger partial charge in [0.05, 0.1) is 23.5 Å². The van der Waals surface area contributed by atoms with Gasteiger partial charge in [0.15, 0.2) is 0 Å². The van der Waals surface area contributed by atoms with E-state index >= 15 is 0 Å². The number of nitrogens with one attached hydrogen (secondary N) is 1. The van der Waals surface area contributed by atoms with E-state index in [1.807, 2.05) is 18.2 Å². The summed E-state index contributed by atoms with van der Waals surface area (Å²) in [6.45, 7) is 1.76. The highest BCUT2D eigenvalue weighted by atomic mass is 35.5. The molecule has 132 valence electrons. The average Bonchev–Trinajstić information content (AvgIpc) is 3.19. The second kappa shape index (κ2) is 6.57. The van der Waals surface area contributed by atoms with E-state index in [1.165, 1.54) is 22.5 Å². The van der Waals surface area contributed by atoms with E-state index in [0.717, 1.165) is 18.4 Å². The van der Waals surface area contributed by atoms with E-state index in [0.29, 0.717) is 22.0 Å². The fraction of sp³-hybridized carbons (Fsp3) is 0.200. The normalized spacial score (nSPS) is 15.7. The standard InChI is InChI=1S/C20H17ClFN3O/c1-12-16(11-23-25(12)19-5-3-2-4-17(19)22)20(26)24-18-9-6-13-10-14(21)7-8-15(13)18/h2-5,7-8,10-11,18H,6,9H2,1H3,(H,24,26). The summed E-state index contributed by atoms with van der Waals surface area (Å²) in [5, 5.41) is 7.96. The topological polar surface area (TPSA) is 46.9 Å². The zero-order valence-electron chi connectivity index (χ0n) is 14.2. The lowest BCUT2D eigenvalue weighted by Crippen LogP contribution is -2.27.